The van der Waals surface area contributed by atoms with Gasteiger partial charge in [-0.05, 0) is 37.1 Å². The standard InChI is InChI=1S/C14H22FN/c1-3-5-6-14(16-11-4-2)12-7-9-13(15)10-8-12/h7-10,14,16H,3-6,11H2,1-2H3. The third-order valence-corrected chi connectivity index (χ3v) is 2.76. The van der Waals surface area contributed by atoms with Crippen molar-refractivity contribution in [2.24, 2.45) is 0 Å². The fraction of sp³-hybridized carbons (Fsp3) is 0.571. The van der Waals surface area contributed by atoms with Gasteiger partial charge in [0, 0.05) is 6.04 Å². The molecule has 16 heavy (non-hydrogen) atoms. The maximum absolute atomic E-state index is 12.8. The molecule has 0 aromatic heterocycles. The summed E-state index contributed by atoms with van der Waals surface area (Å²) in [7, 11) is 0. The van der Waals surface area contributed by atoms with Crippen LogP contribution in [0.3, 0.4) is 0 Å². The van der Waals surface area contributed by atoms with Crippen LogP contribution in [-0.4, -0.2) is 6.54 Å². The first kappa shape index (κ1) is 13.2. The highest BCUT2D eigenvalue weighted by atomic mass is 19.1. The molecule has 0 heterocycles. The van der Waals surface area contributed by atoms with Gasteiger partial charge in [-0.3, -0.25) is 0 Å². The summed E-state index contributed by atoms with van der Waals surface area (Å²) >= 11 is 0. The summed E-state index contributed by atoms with van der Waals surface area (Å²) in [6, 6.07) is 7.24. The Labute approximate surface area is 98.1 Å². The van der Waals surface area contributed by atoms with Crippen molar-refractivity contribution < 1.29 is 4.39 Å². The van der Waals surface area contributed by atoms with Crippen LogP contribution < -0.4 is 5.32 Å². The molecule has 1 atom stereocenters. The first-order valence-electron chi connectivity index (χ1n) is 6.26. The highest BCUT2D eigenvalue weighted by Gasteiger charge is 2.09. The molecule has 1 nitrogen and oxygen atoms in total. The fourth-order valence-electron chi connectivity index (χ4n) is 1.81. The summed E-state index contributed by atoms with van der Waals surface area (Å²) < 4.78 is 12.8. The van der Waals surface area contributed by atoms with Crippen LogP contribution >= 0.6 is 0 Å². The Bertz CT molecular complexity index is 273. The topological polar surface area (TPSA) is 12.0 Å². The van der Waals surface area contributed by atoms with E-state index in [1.54, 1.807) is 12.1 Å². The molecule has 0 radical (unpaired) electrons. The lowest BCUT2D eigenvalue weighted by Gasteiger charge is -2.18. The van der Waals surface area contributed by atoms with E-state index in [9.17, 15) is 4.39 Å². The van der Waals surface area contributed by atoms with Crippen molar-refractivity contribution in [3.63, 3.8) is 0 Å². The van der Waals surface area contributed by atoms with Crippen LogP contribution in [0.1, 0.15) is 51.1 Å². The van der Waals surface area contributed by atoms with Crippen LogP contribution in [0.15, 0.2) is 24.3 Å². The first-order valence-corrected chi connectivity index (χ1v) is 6.26. The molecule has 0 aliphatic carbocycles. The summed E-state index contributed by atoms with van der Waals surface area (Å²) in [5, 5.41) is 3.52. The van der Waals surface area contributed by atoms with Gasteiger partial charge in [0.2, 0.25) is 0 Å². The number of nitrogens with one attached hydrogen (secondary N) is 1. The molecule has 1 aromatic rings. The molecule has 0 fully saturated rings. The third kappa shape index (κ3) is 4.31. The van der Waals surface area contributed by atoms with Crippen LogP contribution in [0.5, 0.6) is 0 Å². The molecule has 1 aromatic carbocycles. The fourth-order valence-corrected chi connectivity index (χ4v) is 1.81. The smallest absolute Gasteiger partial charge is 0.123 e. The Hall–Kier alpha value is -0.890. The number of hydrogen-bond acceptors (Lipinski definition) is 1. The van der Waals surface area contributed by atoms with E-state index >= 15 is 0 Å². The van der Waals surface area contributed by atoms with Gasteiger partial charge in [-0.2, -0.15) is 0 Å². The van der Waals surface area contributed by atoms with E-state index in [2.05, 4.69) is 19.2 Å². The highest BCUT2D eigenvalue weighted by Crippen LogP contribution is 2.19. The van der Waals surface area contributed by atoms with E-state index in [-0.39, 0.29) is 5.82 Å². The van der Waals surface area contributed by atoms with Crippen LogP contribution in [0, 0.1) is 5.82 Å². The van der Waals surface area contributed by atoms with Crippen molar-refractivity contribution in [1.29, 1.82) is 0 Å². The molecule has 0 amide bonds. The van der Waals surface area contributed by atoms with Crippen molar-refractivity contribution in [1.82, 2.24) is 5.32 Å². The van der Waals surface area contributed by atoms with Crippen molar-refractivity contribution in [3.8, 4) is 0 Å². The monoisotopic (exact) mass is 223 g/mol. The lowest BCUT2D eigenvalue weighted by atomic mass is 10.0. The number of rotatable bonds is 7. The molecule has 90 valence electrons. The van der Waals surface area contributed by atoms with Crippen LogP contribution in [-0.2, 0) is 0 Å². The molecule has 0 aliphatic rings. The van der Waals surface area contributed by atoms with E-state index in [0.717, 1.165) is 19.4 Å². The minimum atomic E-state index is -0.159. The third-order valence-electron chi connectivity index (χ3n) is 2.76. The predicted octanol–water partition coefficient (Wildman–Crippen LogP) is 4.06. The average molecular weight is 223 g/mol. The quantitative estimate of drug-likeness (QED) is 0.735. The van der Waals surface area contributed by atoms with Crippen molar-refractivity contribution in [2.75, 3.05) is 6.54 Å². The summed E-state index contributed by atoms with van der Waals surface area (Å²) in [4.78, 5) is 0. The summed E-state index contributed by atoms with van der Waals surface area (Å²) in [6.07, 6.45) is 4.66. The molecule has 0 saturated heterocycles. The minimum Gasteiger partial charge on any atom is -0.310 e. The van der Waals surface area contributed by atoms with Gasteiger partial charge < -0.3 is 5.32 Å². The van der Waals surface area contributed by atoms with E-state index in [1.165, 1.54) is 18.4 Å². The van der Waals surface area contributed by atoms with Crippen molar-refractivity contribution in [3.05, 3.63) is 35.6 Å². The van der Waals surface area contributed by atoms with Crippen LogP contribution in [0.4, 0.5) is 4.39 Å². The van der Waals surface area contributed by atoms with Crippen LogP contribution in [0.2, 0.25) is 0 Å². The molecule has 2 heteroatoms. The summed E-state index contributed by atoms with van der Waals surface area (Å²) in [5.41, 5.74) is 1.20. The second kappa shape index (κ2) is 7.39. The van der Waals surface area contributed by atoms with Gasteiger partial charge in [-0.15, -0.1) is 0 Å². The normalized spacial score (nSPS) is 12.7. The zero-order valence-electron chi connectivity index (χ0n) is 10.3. The number of benzene rings is 1. The molecular weight excluding hydrogens is 201 g/mol. The first-order chi connectivity index (χ1) is 7.77. The van der Waals surface area contributed by atoms with Gasteiger partial charge in [0.1, 0.15) is 5.82 Å². The molecule has 1 rings (SSSR count). The maximum atomic E-state index is 12.8. The van der Waals surface area contributed by atoms with Crippen molar-refractivity contribution in [2.45, 2.75) is 45.6 Å². The second-order valence-electron chi connectivity index (χ2n) is 4.20. The Morgan fingerprint density at radius 2 is 1.81 bits per heavy atom. The van der Waals surface area contributed by atoms with E-state index in [1.807, 2.05) is 12.1 Å². The predicted molar refractivity (Wildman–Crippen MR) is 67.0 cm³/mol. The Morgan fingerprint density at radius 3 is 2.38 bits per heavy atom. The molecule has 0 bridgehead atoms. The van der Waals surface area contributed by atoms with E-state index < -0.39 is 0 Å². The maximum Gasteiger partial charge on any atom is 0.123 e. The van der Waals surface area contributed by atoms with Crippen molar-refractivity contribution >= 4 is 0 Å². The number of hydrogen-bond donors (Lipinski definition) is 1. The van der Waals surface area contributed by atoms with Gasteiger partial charge in [0.15, 0.2) is 0 Å². The largest absolute Gasteiger partial charge is 0.310 e. The molecule has 0 saturated carbocycles. The second-order valence-corrected chi connectivity index (χ2v) is 4.20. The van der Waals surface area contributed by atoms with Gasteiger partial charge in [0.05, 0.1) is 0 Å². The molecular formula is C14H22FN. The number of unbranched alkanes of at least 4 members (excludes halogenated alkanes) is 1. The number of halogens is 1. The average Bonchev–Trinajstić information content (AvgIpc) is 2.31. The van der Waals surface area contributed by atoms with Gasteiger partial charge >= 0.3 is 0 Å². The van der Waals surface area contributed by atoms with Crippen LogP contribution in [0.25, 0.3) is 0 Å². The minimum absolute atomic E-state index is 0.159. The van der Waals surface area contributed by atoms with Gasteiger partial charge in [0.25, 0.3) is 0 Å². The lowest BCUT2D eigenvalue weighted by Crippen LogP contribution is -2.22. The van der Waals surface area contributed by atoms with Gasteiger partial charge in [-0.1, -0.05) is 38.8 Å². The summed E-state index contributed by atoms with van der Waals surface area (Å²) in [5.74, 6) is -0.159. The lowest BCUT2D eigenvalue weighted by molar-refractivity contribution is 0.480. The zero-order valence-corrected chi connectivity index (χ0v) is 10.3. The van der Waals surface area contributed by atoms with E-state index in [0.29, 0.717) is 6.04 Å². The van der Waals surface area contributed by atoms with Gasteiger partial charge in [-0.25, -0.2) is 4.39 Å². The zero-order chi connectivity index (χ0) is 11.8. The molecule has 1 unspecified atom stereocenters. The Kier molecular flexibility index (Phi) is 6.09. The highest BCUT2D eigenvalue weighted by molar-refractivity contribution is 5.19. The Balaban J connectivity index is 2.62. The van der Waals surface area contributed by atoms with E-state index in [4.69, 9.17) is 0 Å². The summed E-state index contributed by atoms with van der Waals surface area (Å²) in [6.45, 7) is 5.38. The SMILES string of the molecule is CCCCC(NCCC)c1ccc(F)cc1. The molecule has 0 spiro atoms. The molecule has 0 aliphatic heterocycles. The molecule has 1 N–H and O–H groups in total. The Morgan fingerprint density at radius 1 is 1.12 bits per heavy atom.